The summed E-state index contributed by atoms with van der Waals surface area (Å²) in [5.41, 5.74) is 6.92. The largest absolute Gasteiger partial charge is 0.507 e. The molecule has 2 atom stereocenters. The molecule has 1 amide bonds. The maximum Gasteiger partial charge on any atom is 0.255 e. The molecule has 4 nitrogen and oxygen atoms in total. The van der Waals surface area contributed by atoms with E-state index in [-0.39, 0.29) is 23.7 Å². The van der Waals surface area contributed by atoms with Crippen molar-refractivity contribution in [1.29, 1.82) is 0 Å². The molecule has 92 valence electrons. The van der Waals surface area contributed by atoms with Gasteiger partial charge in [0, 0.05) is 12.1 Å². The topological polar surface area (TPSA) is 75.4 Å². The van der Waals surface area contributed by atoms with E-state index in [1.165, 1.54) is 0 Å². The maximum atomic E-state index is 12.0. The minimum Gasteiger partial charge on any atom is -0.507 e. The van der Waals surface area contributed by atoms with Crippen molar-refractivity contribution >= 4 is 5.91 Å². The van der Waals surface area contributed by atoms with E-state index < -0.39 is 0 Å². The minimum absolute atomic E-state index is 0.0300. The number of hydrogen-bond acceptors (Lipinski definition) is 3. The van der Waals surface area contributed by atoms with Crippen LogP contribution in [0.25, 0.3) is 0 Å². The zero-order valence-corrected chi connectivity index (χ0v) is 9.94. The summed E-state index contributed by atoms with van der Waals surface area (Å²) >= 11 is 0. The molecule has 0 aromatic heterocycles. The summed E-state index contributed by atoms with van der Waals surface area (Å²) in [6, 6.07) is 5.22. The van der Waals surface area contributed by atoms with E-state index >= 15 is 0 Å². The van der Waals surface area contributed by atoms with E-state index in [1.807, 2.05) is 0 Å². The number of amides is 1. The zero-order chi connectivity index (χ0) is 12.4. The fraction of sp³-hybridized carbons (Fsp3) is 0.462. The van der Waals surface area contributed by atoms with Gasteiger partial charge in [-0.05, 0) is 37.8 Å². The summed E-state index contributed by atoms with van der Waals surface area (Å²) in [6.07, 6.45) is 2.91. The van der Waals surface area contributed by atoms with E-state index in [9.17, 15) is 9.90 Å². The van der Waals surface area contributed by atoms with Crippen LogP contribution in [-0.2, 0) is 0 Å². The lowest BCUT2D eigenvalue weighted by molar-refractivity contribution is 0.0932. The molecule has 4 N–H and O–H groups in total. The van der Waals surface area contributed by atoms with E-state index in [0.717, 1.165) is 19.3 Å². The molecule has 1 saturated carbocycles. The van der Waals surface area contributed by atoms with Gasteiger partial charge in [-0.15, -0.1) is 0 Å². The van der Waals surface area contributed by atoms with Gasteiger partial charge < -0.3 is 16.2 Å². The highest BCUT2D eigenvalue weighted by molar-refractivity contribution is 5.97. The Bertz CT molecular complexity index is 431. The Labute approximate surface area is 101 Å². The van der Waals surface area contributed by atoms with Crippen molar-refractivity contribution in [3.05, 3.63) is 29.3 Å². The first-order valence-corrected chi connectivity index (χ1v) is 5.94. The summed E-state index contributed by atoms with van der Waals surface area (Å²) in [4.78, 5) is 12.0. The van der Waals surface area contributed by atoms with Crippen molar-refractivity contribution in [1.82, 2.24) is 5.32 Å². The van der Waals surface area contributed by atoms with Crippen molar-refractivity contribution < 1.29 is 9.90 Å². The number of benzene rings is 1. The van der Waals surface area contributed by atoms with Crippen LogP contribution in [0.2, 0.25) is 0 Å². The molecule has 0 heterocycles. The molecular weight excluding hydrogens is 216 g/mol. The number of rotatable bonds is 2. The Morgan fingerprint density at radius 2 is 2.24 bits per heavy atom. The highest BCUT2D eigenvalue weighted by atomic mass is 16.3. The van der Waals surface area contributed by atoms with Crippen LogP contribution in [0.1, 0.15) is 35.2 Å². The Morgan fingerprint density at radius 1 is 1.47 bits per heavy atom. The van der Waals surface area contributed by atoms with E-state index in [0.29, 0.717) is 11.1 Å². The molecule has 0 radical (unpaired) electrons. The van der Waals surface area contributed by atoms with Gasteiger partial charge in [0.15, 0.2) is 0 Å². The molecule has 1 aromatic carbocycles. The Balaban J connectivity index is 2.12. The standard InChI is InChI=1S/C13H18N2O2/c1-8-4-2-5-9(12(8)16)13(17)15-11-7-3-6-10(11)14/h2,4-5,10-11,16H,3,6-7,14H2,1H3,(H,15,17). The molecule has 0 aliphatic heterocycles. The Hall–Kier alpha value is -1.55. The van der Waals surface area contributed by atoms with Crippen LogP contribution < -0.4 is 11.1 Å². The molecule has 0 bridgehead atoms. The summed E-state index contributed by atoms with van der Waals surface area (Å²) in [6.45, 7) is 1.77. The molecule has 0 spiro atoms. The van der Waals surface area contributed by atoms with E-state index in [1.54, 1.807) is 25.1 Å². The lowest BCUT2D eigenvalue weighted by Crippen LogP contribution is -2.44. The predicted octanol–water partition coefficient (Wildman–Crippen LogP) is 1.31. The summed E-state index contributed by atoms with van der Waals surface area (Å²) in [5, 5.41) is 12.7. The fourth-order valence-corrected chi connectivity index (χ4v) is 2.26. The third-order valence-corrected chi connectivity index (χ3v) is 3.37. The predicted molar refractivity (Wildman–Crippen MR) is 65.9 cm³/mol. The number of phenolic OH excluding ortho intramolecular Hbond substituents is 1. The van der Waals surface area contributed by atoms with Gasteiger partial charge in [0.25, 0.3) is 5.91 Å². The van der Waals surface area contributed by atoms with Gasteiger partial charge in [-0.2, -0.15) is 0 Å². The number of aryl methyl sites for hydroxylation is 1. The quantitative estimate of drug-likeness (QED) is 0.722. The molecule has 17 heavy (non-hydrogen) atoms. The summed E-state index contributed by atoms with van der Waals surface area (Å²) in [5.74, 6) is -0.190. The first kappa shape index (κ1) is 11.9. The average Bonchev–Trinajstić information content (AvgIpc) is 2.68. The number of nitrogens with two attached hydrogens (primary N) is 1. The third kappa shape index (κ3) is 2.42. The van der Waals surface area contributed by atoms with Crippen LogP contribution in [0.5, 0.6) is 5.75 Å². The van der Waals surface area contributed by atoms with E-state index in [2.05, 4.69) is 5.32 Å². The summed E-state index contributed by atoms with van der Waals surface area (Å²) < 4.78 is 0. The smallest absolute Gasteiger partial charge is 0.255 e. The molecule has 0 saturated heterocycles. The van der Waals surface area contributed by atoms with Gasteiger partial charge in [0.2, 0.25) is 0 Å². The molecule has 1 aliphatic rings. The van der Waals surface area contributed by atoms with Crippen molar-refractivity contribution in [3.63, 3.8) is 0 Å². The van der Waals surface area contributed by atoms with Crippen molar-refractivity contribution in [2.75, 3.05) is 0 Å². The van der Waals surface area contributed by atoms with Crippen LogP contribution in [-0.4, -0.2) is 23.1 Å². The van der Waals surface area contributed by atoms with Crippen LogP contribution in [0.4, 0.5) is 0 Å². The molecule has 4 heteroatoms. The minimum atomic E-state index is -0.242. The molecule has 1 aliphatic carbocycles. The van der Waals surface area contributed by atoms with Gasteiger partial charge in [-0.3, -0.25) is 4.79 Å². The number of nitrogens with one attached hydrogen (secondary N) is 1. The molecular formula is C13H18N2O2. The number of para-hydroxylation sites is 1. The second-order valence-corrected chi connectivity index (χ2v) is 4.65. The summed E-state index contributed by atoms with van der Waals surface area (Å²) in [7, 11) is 0. The molecule has 1 aromatic rings. The normalized spacial score (nSPS) is 23.6. The second-order valence-electron chi connectivity index (χ2n) is 4.65. The van der Waals surface area contributed by atoms with Gasteiger partial charge in [0.1, 0.15) is 5.75 Å². The highest BCUT2D eigenvalue weighted by Crippen LogP contribution is 2.23. The average molecular weight is 234 g/mol. The van der Waals surface area contributed by atoms with Crippen molar-refractivity contribution in [3.8, 4) is 5.75 Å². The zero-order valence-electron chi connectivity index (χ0n) is 9.94. The number of carbonyl (C=O) groups is 1. The molecule has 2 unspecified atom stereocenters. The van der Waals surface area contributed by atoms with Crippen LogP contribution in [0, 0.1) is 6.92 Å². The molecule has 2 rings (SSSR count). The number of hydrogen-bond donors (Lipinski definition) is 3. The van der Waals surface area contributed by atoms with Gasteiger partial charge >= 0.3 is 0 Å². The first-order valence-electron chi connectivity index (χ1n) is 5.94. The fourth-order valence-electron chi connectivity index (χ4n) is 2.26. The highest BCUT2D eigenvalue weighted by Gasteiger charge is 2.26. The van der Waals surface area contributed by atoms with Crippen LogP contribution in [0.3, 0.4) is 0 Å². The van der Waals surface area contributed by atoms with Crippen molar-refractivity contribution in [2.24, 2.45) is 5.73 Å². The Kier molecular flexibility index (Phi) is 3.33. The lowest BCUT2D eigenvalue weighted by atomic mass is 10.1. The van der Waals surface area contributed by atoms with Crippen LogP contribution in [0.15, 0.2) is 18.2 Å². The van der Waals surface area contributed by atoms with Crippen molar-refractivity contribution in [2.45, 2.75) is 38.3 Å². The molecule has 1 fully saturated rings. The monoisotopic (exact) mass is 234 g/mol. The van der Waals surface area contributed by atoms with Gasteiger partial charge in [-0.25, -0.2) is 0 Å². The maximum absolute atomic E-state index is 12.0. The Morgan fingerprint density at radius 3 is 2.88 bits per heavy atom. The lowest BCUT2D eigenvalue weighted by Gasteiger charge is -2.17. The third-order valence-electron chi connectivity index (χ3n) is 3.37. The van der Waals surface area contributed by atoms with Gasteiger partial charge in [-0.1, -0.05) is 12.1 Å². The van der Waals surface area contributed by atoms with E-state index in [4.69, 9.17) is 5.73 Å². The van der Waals surface area contributed by atoms with Gasteiger partial charge in [0.05, 0.1) is 5.56 Å². The number of phenols is 1. The van der Waals surface area contributed by atoms with Crippen LogP contribution >= 0.6 is 0 Å². The SMILES string of the molecule is Cc1cccc(C(=O)NC2CCCC2N)c1O. The number of aromatic hydroxyl groups is 1. The number of carbonyl (C=O) groups excluding carboxylic acids is 1. The second kappa shape index (κ2) is 4.75. The first-order chi connectivity index (χ1) is 8.09.